The number of aromatic nitrogens is 2. The maximum absolute atomic E-state index is 11.6. The summed E-state index contributed by atoms with van der Waals surface area (Å²) in [4.78, 5) is 19.1. The lowest BCUT2D eigenvalue weighted by Gasteiger charge is -2.10. The van der Waals surface area contributed by atoms with Crippen LogP contribution in [0.2, 0.25) is 0 Å². The zero-order valence-electron chi connectivity index (χ0n) is 16.4. The van der Waals surface area contributed by atoms with Gasteiger partial charge in [-0.05, 0) is 42.8 Å². The van der Waals surface area contributed by atoms with Crippen molar-refractivity contribution in [1.29, 1.82) is 0 Å². The van der Waals surface area contributed by atoms with E-state index in [9.17, 15) is 10.1 Å². The third kappa shape index (κ3) is 5.79. The van der Waals surface area contributed by atoms with Gasteiger partial charge >= 0.3 is 5.69 Å². The van der Waals surface area contributed by atoms with Gasteiger partial charge in [-0.3, -0.25) is 10.1 Å². The molecule has 0 fully saturated rings. The Morgan fingerprint density at radius 1 is 1.00 bits per heavy atom. The molecule has 2 N–H and O–H groups in total. The Hall–Kier alpha value is -3.92. The third-order valence-electron chi connectivity index (χ3n) is 3.99. The molecule has 1 aromatic heterocycles. The van der Waals surface area contributed by atoms with Crippen molar-refractivity contribution in [2.45, 2.75) is 6.42 Å². The molecule has 0 aliphatic heterocycles. The molecule has 10 heteroatoms. The van der Waals surface area contributed by atoms with Crippen molar-refractivity contribution in [3.05, 3.63) is 71.0 Å². The minimum absolute atomic E-state index is 0.0999. The molecule has 0 aliphatic carbocycles. The van der Waals surface area contributed by atoms with Crippen LogP contribution in [0.3, 0.4) is 0 Å². The minimum Gasteiger partial charge on any atom is -0.385 e. The predicted molar refractivity (Wildman–Crippen MR) is 114 cm³/mol. The van der Waals surface area contributed by atoms with Crippen LogP contribution in [0.15, 0.2) is 71.2 Å². The van der Waals surface area contributed by atoms with Crippen molar-refractivity contribution in [3.8, 4) is 0 Å². The number of hydrogen-bond acceptors (Lipinski definition) is 9. The van der Waals surface area contributed by atoms with E-state index in [1.807, 2.05) is 30.3 Å². The summed E-state index contributed by atoms with van der Waals surface area (Å²) in [5.41, 5.74) is 1.81. The Morgan fingerprint density at radius 2 is 1.67 bits per heavy atom. The Bertz CT molecular complexity index is 995. The molecule has 0 saturated heterocycles. The van der Waals surface area contributed by atoms with Crippen LogP contribution in [0.4, 0.5) is 34.4 Å². The van der Waals surface area contributed by atoms with Crippen molar-refractivity contribution in [3.63, 3.8) is 0 Å². The average Bonchev–Trinajstić information content (AvgIpc) is 2.77. The molecule has 154 valence electrons. The van der Waals surface area contributed by atoms with Crippen LogP contribution < -0.4 is 10.6 Å². The van der Waals surface area contributed by atoms with Crippen LogP contribution in [0.1, 0.15) is 6.42 Å². The van der Waals surface area contributed by atoms with E-state index >= 15 is 0 Å². The third-order valence-corrected chi connectivity index (χ3v) is 3.99. The summed E-state index contributed by atoms with van der Waals surface area (Å²) in [6.45, 7) is 1.04. The molecule has 0 unspecified atom stereocenters. The first-order chi connectivity index (χ1) is 14.7. The molecule has 0 atom stereocenters. The lowest BCUT2D eigenvalue weighted by atomic mass is 10.3. The van der Waals surface area contributed by atoms with Crippen molar-refractivity contribution in [2.24, 2.45) is 10.2 Å². The Morgan fingerprint density at radius 3 is 2.33 bits per heavy atom. The fraction of sp³-hybridized carbons (Fsp3) is 0.200. The number of benzene rings is 2. The smallest absolute Gasteiger partial charge is 0.353 e. The topological polar surface area (TPSA) is 127 Å². The van der Waals surface area contributed by atoms with Gasteiger partial charge in [0, 0.05) is 25.9 Å². The quantitative estimate of drug-likeness (QED) is 0.210. The van der Waals surface area contributed by atoms with Crippen LogP contribution in [-0.4, -0.2) is 35.2 Å². The molecule has 2 aromatic carbocycles. The molecular weight excluding hydrogens is 386 g/mol. The average molecular weight is 407 g/mol. The lowest BCUT2D eigenvalue weighted by Crippen LogP contribution is -2.10. The van der Waals surface area contributed by atoms with Crippen molar-refractivity contribution in [2.75, 3.05) is 30.9 Å². The Labute approximate surface area is 173 Å². The highest BCUT2D eigenvalue weighted by Gasteiger charge is 2.22. The van der Waals surface area contributed by atoms with E-state index in [2.05, 4.69) is 30.8 Å². The van der Waals surface area contributed by atoms with Gasteiger partial charge in [-0.1, -0.05) is 18.2 Å². The van der Waals surface area contributed by atoms with Crippen LogP contribution in [0.5, 0.6) is 0 Å². The largest absolute Gasteiger partial charge is 0.385 e. The zero-order valence-corrected chi connectivity index (χ0v) is 16.4. The molecule has 1 heterocycles. The SMILES string of the molecule is COCCCNc1ncnc(Nc2ccc(N=Nc3ccccc3)cc2)c1[N+](=O)[O-]. The molecule has 3 aromatic rings. The number of azo groups is 1. The molecule has 10 nitrogen and oxygen atoms in total. The maximum atomic E-state index is 11.6. The van der Waals surface area contributed by atoms with Gasteiger partial charge in [-0.25, -0.2) is 9.97 Å². The summed E-state index contributed by atoms with van der Waals surface area (Å²) in [5, 5.41) is 25.8. The molecule has 0 aliphatic rings. The van der Waals surface area contributed by atoms with Crippen LogP contribution in [0, 0.1) is 10.1 Å². The summed E-state index contributed by atoms with van der Waals surface area (Å²) >= 11 is 0. The Kier molecular flexibility index (Phi) is 7.34. The Balaban J connectivity index is 1.72. The molecule has 0 amide bonds. The molecule has 0 radical (unpaired) electrons. The zero-order chi connectivity index (χ0) is 21.2. The second-order valence-electron chi connectivity index (χ2n) is 6.16. The normalized spacial score (nSPS) is 10.8. The van der Waals surface area contributed by atoms with Crippen LogP contribution >= 0.6 is 0 Å². The lowest BCUT2D eigenvalue weighted by molar-refractivity contribution is -0.383. The standard InChI is InChI=1S/C20H21N7O3/c1-30-13-5-12-21-19-18(27(28)29)20(23-14-22-19)24-15-8-10-17(11-9-15)26-25-16-6-3-2-4-7-16/h2-4,6-11,14H,5,12-13H2,1H3,(H2,21,22,23,24). The number of methoxy groups -OCH3 is 1. The number of anilines is 3. The van der Waals surface area contributed by atoms with E-state index in [-0.39, 0.29) is 17.3 Å². The first-order valence-corrected chi connectivity index (χ1v) is 9.23. The highest BCUT2D eigenvalue weighted by atomic mass is 16.6. The first kappa shape index (κ1) is 20.8. The number of hydrogen-bond donors (Lipinski definition) is 2. The number of nitro groups is 1. The second-order valence-corrected chi connectivity index (χ2v) is 6.16. The van der Waals surface area contributed by atoms with Gasteiger partial charge < -0.3 is 15.4 Å². The summed E-state index contributed by atoms with van der Waals surface area (Å²) in [7, 11) is 1.60. The molecule has 0 bridgehead atoms. The van der Waals surface area contributed by atoms with E-state index in [4.69, 9.17) is 4.74 Å². The molecular formula is C20H21N7O3. The van der Waals surface area contributed by atoms with Gasteiger partial charge in [0.25, 0.3) is 0 Å². The van der Waals surface area contributed by atoms with Gasteiger partial charge in [0.15, 0.2) is 0 Å². The maximum Gasteiger partial charge on any atom is 0.353 e. The first-order valence-electron chi connectivity index (χ1n) is 9.23. The van der Waals surface area contributed by atoms with E-state index in [1.54, 1.807) is 31.4 Å². The number of nitrogens with zero attached hydrogens (tertiary/aromatic N) is 5. The van der Waals surface area contributed by atoms with Crippen molar-refractivity contribution < 1.29 is 9.66 Å². The summed E-state index contributed by atoms with van der Waals surface area (Å²) in [6.07, 6.45) is 1.97. The molecule has 3 rings (SSSR count). The fourth-order valence-electron chi connectivity index (χ4n) is 2.55. The van der Waals surface area contributed by atoms with Crippen molar-refractivity contribution in [1.82, 2.24) is 9.97 Å². The molecule has 0 saturated carbocycles. The van der Waals surface area contributed by atoms with Gasteiger partial charge in [0.2, 0.25) is 11.6 Å². The number of ether oxygens (including phenoxy) is 1. The van der Waals surface area contributed by atoms with Gasteiger partial charge in [-0.15, -0.1) is 0 Å². The predicted octanol–water partition coefficient (Wildman–Crippen LogP) is 4.99. The van der Waals surface area contributed by atoms with E-state index < -0.39 is 4.92 Å². The van der Waals surface area contributed by atoms with Gasteiger partial charge in [0.05, 0.1) is 16.3 Å². The number of rotatable bonds is 10. The summed E-state index contributed by atoms with van der Waals surface area (Å²) in [5.74, 6) is 0.254. The summed E-state index contributed by atoms with van der Waals surface area (Å²) in [6, 6.07) is 16.4. The second kappa shape index (κ2) is 10.6. The fourth-order valence-corrected chi connectivity index (χ4v) is 2.55. The van der Waals surface area contributed by atoms with Gasteiger partial charge in [0.1, 0.15) is 6.33 Å². The molecule has 30 heavy (non-hydrogen) atoms. The highest BCUT2D eigenvalue weighted by Crippen LogP contribution is 2.31. The summed E-state index contributed by atoms with van der Waals surface area (Å²) < 4.78 is 4.98. The monoisotopic (exact) mass is 407 g/mol. The van der Waals surface area contributed by atoms with Crippen LogP contribution in [0.25, 0.3) is 0 Å². The van der Waals surface area contributed by atoms with E-state index in [0.29, 0.717) is 30.9 Å². The van der Waals surface area contributed by atoms with Crippen LogP contribution in [-0.2, 0) is 4.74 Å². The van der Waals surface area contributed by atoms with Gasteiger partial charge in [-0.2, -0.15) is 10.2 Å². The molecule has 0 spiro atoms. The number of nitrogens with one attached hydrogen (secondary N) is 2. The van der Waals surface area contributed by atoms with E-state index in [0.717, 1.165) is 5.69 Å². The minimum atomic E-state index is -0.510. The van der Waals surface area contributed by atoms with E-state index in [1.165, 1.54) is 6.33 Å². The van der Waals surface area contributed by atoms with Crippen molar-refractivity contribution >= 4 is 34.4 Å². The highest BCUT2D eigenvalue weighted by molar-refractivity contribution is 5.74.